The van der Waals surface area contributed by atoms with Crippen molar-refractivity contribution < 1.29 is 9.53 Å². The van der Waals surface area contributed by atoms with Gasteiger partial charge in [0.2, 0.25) is 0 Å². The molecule has 0 aliphatic rings. The van der Waals surface area contributed by atoms with Crippen LogP contribution in [0.3, 0.4) is 0 Å². The zero-order valence-corrected chi connectivity index (χ0v) is 14.0. The predicted octanol–water partition coefficient (Wildman–Crippen LogP) is 3.84. The highest BCUT2D eigenvalue weighted by Gasteiger charge is 2.20. The molecule has 0 aliphatic carbocycles. The van der Waals surface area contributed by atoms with Crippen LogP contribution in [0.2, 0.25) is 0 Å². The van der Waals surface area contributed by atoms with Crippen molar-refractivity contribution in [1.29, 1.82) is 0 Å². The molecule has 0 atom stereocenters. The van der Waals surface area contributed by atoms with Gasteiger partial charge in [0.05, 0.1) is 5.69 Å². The Bertz CT molecular complexity index is 670. The number of amides is 1. The number of ether oxygens (including phenoxy) is 1. The van der Waals surface area contributed by atoms with Gasteiger partial charge < -0.3 is 9.64 Å². The van der Waals surface area contributed by atoms with Gasteiger partial charge in [0.25, 0.3) is 5.91 Å². The zero-order valence-electron chi connectivity index (χ0n) is 13.2. The molecule has 0 aliphatic heterocycles. The molecule has 0 radical (unpaired) electrons. The van der Waals surface area contributed by atoms with Gasteiger partial charge in [-0.25, -0.2) is 4.98 Å². The molecule has 0 saturated carbocycles. The van der Waals surface area contributed by atoms with Gasteiger partial charge in [0.15, 0.2) is 0 Å². The minimum atomic E-state index is -0.0502. The van der Waals surface area contributed by atoms with Crippen LogP contribution in [0, 0.1) is 6.92 Å². The standard InChI is InChI=1S/C18H20N2O2S/c1-4-11-20(12-5-2)18(21)17-14(3)19-16(23-17)13-22-15-9-7-6-8-10-15/h4-10H,1-2,11-13H2,3H3. The lowest BCUT2D eigenvalue weighted by molar-refractivity contribution is 0.0794. The number of thiazole rings is 1. The summed E-state index contributed by atoms with van der Waals surface area (Å²) in [6, 6.07) is 9.55. The van der Waals surface area contributed by atoms with Crippen molar-refractivity contribution in [1.82, 2.24) is 9.88 Å². The molecule has 4 nitrogen and oxygen atoms in total. The summed E-state index contributed by atoms with van der Waals surface area (Å²) in [5.74, 6) is 0.735. The van der Waals surface area contributed by atoms with E-state index >= 15 is 0 Å². The summed E-state index contributed by atoms with van der Waals surface area (Å²) in [6.45, 7) is 10.5. The Morgan fingerprint density at radius 2 is 1.91 bits per heavy atom. The van der Waals surface area contributed by atoms with E-state index in [1.54, 1.807) is 17.1 Å². The van der Waals surface area contributed by atoms with Crippen LogP contribution in [-0.4, -0.2) is 28.9 Å². The second kappa shape index (κ2) is 8.29. The Hall–Kier alpha value is -2.40. The Morgan fingerprint density at radius 1 is 1.26 bits per heavy atom. The van der Waals surface area contributed by atoms with Crippen LogP contribution in [-0.2, 0) is 6.61 Å². The van der Waals surface area contributed by atoms with Crippen molar-refractivity contribution in [3.8, 4) is 5.75 Å². The number of hydrogen-bond donors (Lipinski definition) is 0. The fourth-order valence-corrected chi connectivity index (χ4v) is 3.02. The van der Waals surface area contributed by atoms with E-state index in [4.69, 9.17) is 4.74 Å². The molecule has 1 aromatic heterocycles. The topological polar surface area (TPSA) is 42.4 Å². The molecule has 1 heterocycles. The molecule has 5 heteroatoms. The van der Waals surface area contributed by atoms with Crippen LogP contribution >= 0.6 is 11.3 Å². The van der Waals surface area contributed by atoms with Gasteiger partial charge in [-0.1, -0.05) is 30.4 Å². The van der Waals surface area contributed by atoms with E-state index in [1.165, 1.54) is 11.3 Å². The number of carbonyl (C=O) groups is 1. The number of hydrogen-bond acceptors (Lipinski definition) is 4. The smallest absolute Gasteiger partial charge is 0.266 e. The largest absolute Gasteiger partial charge is 0.486 e. The van der Waals surface area contributed by atoms with Crippen LogP contribution in [0.25, 0.3) is 0 Å². The third-order valence-electron chi connectivity index (χ3n) is 3.13. The summed E-state index contributed by atoms with van der Waals surface area (Å²) in [6.07, 6.45) is 3.41. The summed E-state index contributed by atoms with van der Waals surface area (Å²) in [5, 5.41) is 0.784. The van der Waals surface area contributed by atoms with Crippen molar-refractivity contribution >= 4 is 17.2 Å². The summed E-state index contributed by atoms with van der Waals surface area (Å²) in [4.78, 5) is 19.4. The molecule has 0 saturated heterocycles. The Balaban J connectivity index is 2.08. The van der Waals surface area contributed by atoms with Crippen LogP contribution in [0.5, 0.6) is 5.75 Å². The molecule has 120 valence electrons. The van der Waals surface area contributed by atoms with E-state index in [2.05, 4.69) is 18.1 Å². The van der Waals surface area contributed by atoms with Crippen molar-refractivity contribution in [2.24, 2.45) is 0 Å². The minimum absolute atomic E-state index is 0.0502. The van der Waals surface area contributed by atoms with Gasteiger partial charge in [0.1, 0.15) is 22.2 Å². The lowest BCUT2D eigenvalue weighted by Crippen LogP contribution is -2.31. The number of para-hydroxylation sites is 1. The van der Waals surface area contributed by atoms with E-state index in [0.717, 1.165) is 16.5 Å². The van der Waals surface area contributed by atoms with Crippen molar-refractivity contribution in [2.75, 3.05) is 13.1 Å². The Morgan fingerprint density at radius 3 is 2.52 bits per heavy atom. The molecule has 0 fully saturated rings. The van der Waals surface area contributed by atoms with Gasteiger partial charge in [-0.05, 0) is 19.1 Å². The summed E-state index contributed by atoms with van der Waals surface area (Å²) in [5.41, 5.74) is 0.727. The molecule has 2 rings (SSSR count). The highest BCUT2D eigenvalue weighted by atomic mass is 32.1. The number of carbonyl (C=O) groups excluding carboxylic acids is 1. The van der Waals surface area contributed by atoms with E-state index in [0.29, 0.717) is 24.6 Å². The second-order valence-electron chi connectivity index (χ2n) is 4.91. The monoisotopic (exact) mass is 328 g/mol. The number of rotatable bonds is 8. The molecular weight excluding hydrogens is 308 g/mol. The second-order valence-corrected chi connectivity index (χ2v) is 5.99. The minimum Gasteiger partial charge on any atom is -0.486 e. The van der Waals surface area contributed by atoms with Crippen LogP contribution < -0.4 is 4.74 Å². The zero-order chi connectivity index (χ0) is 16.7. The molecule has 1 aromatic carbocycles. The number of benzene rings is 1. The maximum absolute atomic E-state index is 12.6. The maximum atomic E-state index is 12.6. The Labute approximate surface area is 140 Å². The normalized spacial score (nSPS) is 10.1. The molecule has 0 bridgehead atoms. The quantitative estimate of drug-likeness (QED) is 0.691. The average molecular weight is 328 g/mol. The maximum Gasteiger partial charge on any atom is 0.266 e. The first-order valence-electron chi connectivity index (χ1n) is 7.31. The van der Waals surface area contributed by atoms with Gasteiger partial charge in [0, 0.05) is 13.1 Å². The summed E-state index contributed by atoms with van der Waals surface area (Å²) >= 11 is 1.37. The fraction of sp³-hybridized carbons (Fsp3) is 0.222. The van der Waals surface area contributed by atoms with E-state index in [9.17, 15) is 4.79 Å². The van der Waals surface area contributed by atoms with Crippen molar-refractivity contribution in [2.45, 2.75) is 13.5 Å². The fourth-order valence-electron chi connectivity index (χ4n) is 2.07. The molecule has 1 amide bonds. The average Bonchev–Trinajstić information content (AvgIpc) is 2.94. The number of aryl methyl sites for hydroxylation is 1. The predicted molar refractivity (Wildman–Crippen MR) is 93.9 cm³/mol. The van der Waals surface area contributed by atoms with Crippen LogP contribution in [0.4, 0.5) is 0 Å². The first-order chi connectivity index (χ1) is 11.2. The van der Waals surface area contributed by atoms with Gasteiger partial charge in [-0.15, -0.1) is 24.5 Å². The van der Waals surface area contributed by atoms with Crippen molar-refractivity contribution in [3.05, 3.63) is 71.2 Å². The van der Waals surface area contributed by atoms with Crippen LogP contribution in [0.1, 0.15) is 20.4 Å². The number of nitrogens with zero attached hydrogens (tertiary/aromatic N) is 2. The van der Waals surface area contributed by atoms with E-state index in [-0.39, 0.29) is 5.91 Å². The van der Waals surface area contributed by atoms with Gasteiger partial charge in [-0.3, -0.25) is 4.79 Å². The molecular formula is C18H20N2O2S. The summed E-state index contributed by atoms with van der Waals surface area (Å²) in [7, 11) is 0. The van der Waals surface area contributed by atoms with E-state index < -0.39 is 0 Å². The SMILES string of the molecule is C=CCN(CC=C)C(=O)c1sc(COc2ccccc2)nc1C. The van der Waals surface area contributed by atoms with Crippen molar-refractivity contribution in [3.63, 3.8) is 0 Å². The molecule has 0 unspecified atom stereocenters. The highest BCUT2D eigenvalue weighted by molar-refractivity contribution is 7.13. The molecule has 0 N–H and O–H groups in total. The summed E-state index contributed by atoms with van der Waals surface area (Å²) < 4.78 is 5.69. The van der Waals surface area contributed by atoms with Crippen LogP contribution in [0.15, 0.2) is 55.6 Å². The molecule has 0 spiro atoms. The molecule has 23 heavy (non-hydrogen) atoms. The third-order valence-corrected chi connectivity index (χ3v) is 4.25. The third kappa shape index (κ3) is 4.53. The van der Waals surface area contributed by atoms with E-state index in [1.807, 2.05) is 37.3 Å². The first-order valence-corrected chi connectivity index (χ1v) is 8.12. The van der Waals surface area contributed by atoms with Gasteiger partial charge >= 0.3 is 0 Å². The Kier molecular flexibility index (Phi) is 6.11. The molecule has 2 aromatic rings. The lowest BCUT2D eigenvalue weighted by atomic mass is 10.3. The first kappa shape index (κ1) is 17.0. The highest BCUT2D eigenvalue weighted by Crippen LogP contribution is 2.22. The number of aromatic nitrogens is 1. The lowest BCUT2D eigenvalue weighted by Gasteiger charge is -2.18. The van der Waals surface area contributed by atoms with Gasteiger partial charge in [-0.2, -0.15) is 0 Å².